The highest BCUT2D eigenvalue weighted by Gasteiger charge is 2.16. The quantitative estimate of drug-likeness (QED) is 0.617. The molecule has 0 amide bonds. The molecule has 0 aromatic heterocycles. The molecule has 18 heavy (non-hydrogen) atoms. The van der Waals surface area contributed by atoms with Gasteiger partial charge in [-0.15, -0.1) is 0 Å². The van der Waals surface area contributed by atoms with Crippen LogP contribution in [-0.2, 0) is 19.6 Å². The third-order valence-corrected chi connectivity index (χ3v) is 3.73. The summed E-state index contributed by atoms with van der Waals surface area (Å²) in [7, 11) is -3.80. The first-order valence-electron chi connectivity index (χ1n) is 5.07. The summed E-state index contributed by atoms with van der Waals surface area (Å²) in [6.07, 6.45) is 0. The van der Waals surface area contributed by atoms with E-state index in [4.69, 9.17) is 17.3 Å². The van der Waals surface area contributed by atoms with Crippen molar-refractivity contribution in [3.63, 3.8) is 0 Å². The number of anilines is 1. The molecule has 0 atom stereocenters. The molecule has 0 fully saturated rings. The molecule has 1 aromatic carbocycles. The fourth-order valence-corrected chi connectivity index (χ4v) is 2.26. The summed E-state index contributed by atoms with van der Waals surface area (Å²) >= 11 is 5.69. The number of carbonyl (C=O) groups excluding carboxylic acids is 1. The predicted octanol–water partition coefficient (Wildman–Crippen LogP) is 0.764. The molecule has 0 aliphatic carbocycles. The molecule has 0 heterocycles. The molecule has 100 valence electrons. The lowest BCUT2D eigenvalue weighted by atomic mass is 10.3. The Hall–Kier alpha value is -1.31. The van der Waals surface area contributed by atoms with E-state index in [2.05, 4.69) is 9.46 Å². The highest BCUT2D eigenvalue weighted by Crippen LogP contribution is 2.21. The first kappa shape index (κ1) is 14.7. The lowest BCUT2D eigenvalue weighted by Crippen LogP contribution is -2.30. The Kier molecular flexibility index (Phi) is 4.94. The van der Waals surface area contributed by atoms with Crippen LogP contribution in [0.5, 0.6) is 0 Å². The molecule has 0 radical (unpaired) electrons. The molecule has 0 unspecified atom stereocenters. The number of esters is 1. The monoisotopic (exact) mass is 292 g/mol. The van der Waals surface area contributed by atoms with Gasteiger partial charge in [0.15, 0.2) is 0 Å². The number of hydrogen-bond donors (Lipinski definition) is 2. The van der Waals surface area contributed by atoms with Gasteiger partial charge >= 0.3 is 5.97 Å². The van der Waals surface area contributed by atoms with Gasteiger partial charge in [0.2, 0.25) is 10.0 Å². The largest absolute Gasteiger partial charge is 0.465 e. The minimum absolute atomic E-state index is 0.0614. The number of hydrogen-bond acceptors (Lipinski definition) is 5. The van der Waals surface area contributed by atoms with Crippen LogP contribution in [0.15, 0.2) is 23.1 Å². The van der Waals surface area contributed by atoms with Crippen LogP contribution in [0.1, 0.15) is 6.92 Å². The number of nitrogens with two attached hydrogens (primary N) is 1. The van der Waals surface area contributed by atoms with Crippen molar-refractivity contribution in [3.8, 4) is 0 Å². The SMILES string of the molecule is CCOC(=O)CNS(=O)(=O)c1ccc(Cl)c(N)c1. The van der Waals surface area contributed by atoms with E-state index in [1.807, 2.05) is 0 Å². The van der Waals surface area contributed by atoms with E-state index in [0.717, 1.165) is 0 Å². The van der Waals surface area contributed by atoms with Gasteiger partial charge in [0, 0.05) is 0 Å². The number of nitrogens with one attached hydrogen (secondary N) is 1. The fraction of sp³-hybridized carbons (Fsp3) is 0.300. The van der Waals surface area contributed by atoms with Crippen molar-refractivity contribution >= 4 is 33.3 Å². The van der Waals surface area contributed by atoms with Crippen LogP contribution in [0.2, 0.25) is 5.02 Å². The minimum Gasteiger partial charge on any atom is -0.465 e. The summed E-state index contributed by atoms with van der Waals surface area (Å²) in [6, 6.07) is 3.89. The first-order chi connectivity index (χ1) is 8.36. The molecule has 1 aromatic rings. The maximum absolute atomic E-state index is 11.8. The van der Waals surface area contributed by atoms with Crippen molar-refractivity contribution in [2.75, 3.05) is 18.9 Å². The summed E-state index contributed by atoms with van der Waals surface area (Å²) in [4.78, 5) is 11.0. The van der Waals surface area contributed by atoms with Crippen LogP contribution in [0, 0.1) is 0 Å². The molecule has 0 saturated carbocycles. The van der Waals surface area contributed by atoms with Crippen molar-refractivity contribution in [1.82, 2.24) is 4.72 Å². The number of rotatable bonds is 5. The lowest BCUT2D eigenvalue weighted by molar-refractivity contribution is -0.141. The zero-order valence-electron chi connectivity index (χ0n) is 9.64. The van der Waals surface area contributed by atoms with Gasteiger partial charge in [0.1, 0.15) is 6.54 Å². The number of carbonyl (C=O) groups is 1. The fourth-order valence-electron chi connectivity index (χ4n) is 1.14. The Morgan fingerprint density at radius 3 is 2.72 bits per heavy atom. The van der Waals surface area contributed by atoms with E-state index in [-0.39, 0.29) is 22.2 Å². The number of sulfonamides is 1. The van der Waals surface area contributed by atoms with Gasteiger partial charge in [-0.25, -0.2) is 8.42 Å². The molecule has 8 heteroatoms. The van der Waals surface area contributed by atoms with E-state index >= 15 is 0 Å². The van der Waals surface area contributed by atoms with Gasteiger partial charge in [-0.05, 0) is 25.1 Å². The molecule has 0 saturated heterocycles. The van der Waals surface area contributed by atoms with Crippen LogP contribution in [0.4, 0.5) is 5.69 Å². The minimum atomic E-state index is -3.80. The van der Waals surface area contributed by atoms with E-state index in [9.17, 15) is 13.2 Å². The predicted molar refractivity (Wildman–Crippen MR) is 67.7 cm³/mol. The summed E-state index contributed by atoms with van der Waals surface area (Å²) in [5.74, 6) is -0.650. The Labute approximate surface area is 110 Å². The third-order valence-electron chi connectivity index (χ3n) is 1.99. The Bertz CT molecular complexity index is 545. The van der Waals surface area contributed by atoms with Crippen LogP contribution in [0.25, 0.3) is 0 Å². The molecule has 0 bridgehead atoms. The maximum atomic E-state index is 11.8. The Morgan fingerprint density at radius 1 is 1.50 bits per heavy atom. The summed E-state index contributed by atoms with van der Waals surface area (Å²) in [5.41, 5.74) is 5.65. The topological polar surface area (TPSA) is 98.5 Å². The second-order valence-electron chi connectivity index (χ2n) is 3.31. The molecular weight excluding hydrogens is 280 g/mol. The van der Waals surface area contributed by atoms with Crippen LogP contribution < -0.4 is 10.5 Å². The van der Waals surface area contributed by atoms with Gasteiger partial charge in [-0.1, -0.05) is 11.6 Å². The van der Waals surface area contributed by atoms with Gasteiger partial charge in [-0.2, -0.15) is 4.72 Å². The molecule has 0 aliphatic heterocycles. The van der Waals surface area contributed by atoms with Crippen molar-refractivity contribution < 1.29 is 17.9 Å². The van der Waals surface area contributed by atoms with Crippen LogP contribution in [0.3, 0.4) is 0 Å². The highest BCUT2D eigenvalue weighted by atomic mass is 35.5. The van der Waals surface area contributed by atoms with Crippen molar-refractivity contribution in [1.29, 1.82) is 0 Å². The van der Waals surface area contributed by atoms with E-state index in [0.29, 0.717) is 0 Å². The lowest BCUT2D eigenvalue weighted by Gasteiger charge is -2.07. The molecule has 0 aliphatic rings. The number of halogens is 1. The third kappa shape index (κ3) is 3.86. The standard InChI is InChI=1S/C10H13ClN2O4S/c1-2-17-10(14)6-13-18(15,16)7-3-4-8(11)9(12)5-7/h3-5,13H,2,6,12H2,1H3. The number of nitrogen functional groups attached to an aromatic ring is 1. The van der Waals surface area contributed by atoms with Gasteiger partial charge < -0.3 is 10.5 Å². The Morgan fingerprint density at radius 2 is 2.17 bits per heavy atom. The van der Waals surface area contributed by atoms with Crippen LogP contribution >= 0.6 is 11.6 Å². The van der Waals surface area contributed by atoms with E-state index < -0.39 is 22.5 Å². The summed E-state index contributed by atoms with van der Waals surface area (Å²) in [5, 5.41) is 0.263. The molecule has 0 spiro atoms. The number of ether oxygens (including phenoxy) is 1. The first-order valence-corrected chi connectivity index (χ1v) is 6.93. The van der Waals surface area contributed by atoms with Gasteiger partial charge in [-0.3, -0.25) is 4.79 Å². The Balaban J connectivity index is 2.80. The normalized spacial score (nSPS) is 11.2. The van der Waals surface area contributed by atoms with E-state index in [1.54, 1.807) is 6.92 Å². The summed E-state index contributed by atoms with van der Waals surface area (Å²) in [6.45, 7) is 1.39. The molecular formula is C10H13ClN2O4S. The van der Waals surface area contributed by atoms with Gasteiger partial charge in [0.05, 0.1) is 22.2 Å². The van der Waals surface area contributed by atoms with Crippen molar-refractivity contribution in [3.05, 3.63) is 23.2 Å². The highest BCUT2D eigenvalue weighted by molar-refractivity contribution is 7.89. The molecule has 6 nitrogen and oxygen atoms in total. The zero-order chi connectivity index (χ0) is 13.8. The maximum Gasteiger partial charge on any atom is 0.321 e. The smallest absolute Gasteiger partial charge is 0.321 e. The summed E-state index contributed by atoms with van der Waals surface area (Å²) < 4.78 is 30.3. The second-order valence-corrected chi connectivity index (χ2v) is 5.49. The number of benzene rings is 1. The van der Waals surface area contributed by atoms with Crippen LogP contribution in [-0.4, -0.2) is 27.5 Å². The van der Waals surface area contributed by atoms with E-state index in [1.165, 1.54) is 18.2 Å². The van der Waals surface area contributed by atoms with Crippen molar-refractivity contribution in [2.45, 2.75) is 11.8 Å². The van der Waals surface area contributed by atoms with Crippen molar-refractivity contribution in [2.24, 2.45) is 0 Å². The molecule has 1 rings (SSSR count). The van der Waals surface area contributed by atoms with Gasteiger partial charge in [0.25, 0.3) is 0 Å². The average Bonchev–Trinajstić information content (AvgIpc) is 2.30. The average molecular weight is 293 g/mol. The molecule has 3 N–H and O–H groups in total. The zero-order valence-corrected chi connectivity index (χ0v) is 11.2. The second kappa shape index (κ2) is 6.03.